The Morgan fingerprint density at radius 2 is 2.00 bits per heavy atom. The predicted molar refractivity (Wildman–Crippen MR) is 129 cm³/mol. The number of aryl methyl sites for hydroxylation is 1. The van der Waals surface area contributed by atoms with Gasteiger partial charge < -0.3 is 18.9 Å². The molecule has 1 aromatic carbocycles. The Bertz CT molecular complexity index is 1190. The molecule has 1 saturated heterocycles. The fourth-order valence-corrected chi connectivity index (χ4v) is 6.97. The van der Waals surface area contributed by atoms with Crippen LogP contribution in [0.1, 0.15) is 25.3 Å². The van der Waals surface area contributed by atoms with Crippen LogP contribution in [0.2, 0.25) is 0 Å². The van der Waals surface area contributed by atoms with E-state index in [0.29, 0.717) is 35.3 Å². The number of likely N-dealkylation sites (tertiary alicyclic amines) is 1. The molecule has 1 aliphatic heterocycles. The molecule has 2 heterocycles. The zero-order chi connectivity index (χ0) is 25.9. The van der Waals surface area contributed by atoms with Crippen molar-refractivity contribution < 1.29 is 27.4 Å². The number of allylic oxidation sites excluding steroid dienone is 1. The molecule has 7 nitrogen and oxygen atoms in total. The highest BCUT2D eigenvalue weighted by molar-refractivity contribution is 5.70. The quantitative estimate of drug-likeness (QED) is 0.493. The van der Waals surface area contributed by atoms with Crippen molar-refractivity contribution in [2.24, 2.45) is 36.6 Å². The van der Waals surface area contributed by atoms with Gasteiger partial charge in [0.15, 0.2) is 0 Å². The molecule has 10 heteroatoms. The highest BCUT2D eigenvalue weighted by atomic mass is 19.4. The minimum Gasteiger partial charge on any atom is -0.406 e. The zero-order valence-electron chi connectivity index (χ0n) is 20.8. The summed E-state index contributed by atoms with van der Waals surface area (Å²) in [6.07, 6.45) is 5.08. The Balaban J connectivity index is 1.16. The SMILES string of the molecule is CC(C1C2CN(C3CC4C=CC3C4)CC21)N(Cc1cccc(OC(F)(F)F)c1)C(=O)Oc1cn(C)cn1. The standard InChI is InChI=1S/C27H31F3N4O3/c1-16(25-21-12-33(13-22(21)25)23-10-17-6-7-19(23)8-17)34(26(35)36-24-14-32(2)15-31-24)11-18-4-3-5-20(9-18)37-27(28,29)30/h3-7,9,14-17,19,21-23,25H,8,10-13H2,1-2H3. The van der Waals surface area contributed by atoms with Gasteiger partial charge in [-0.2, -0.15) is 0 Å². The van der Waals surface area contributed by atoms with Crippen molar-refractivity contribution in [3.8, 4) is 11.6 Å². The molecule has 2 saturated carbocycles. The van der Waals surface area contributed by atoms with E-state index in [1.54, 1.807) is 35.1 Å². The summed E-state index contributed by atoms with van der Waals surface area (Å²) in [6, 6.07) is 6.26. The number of halogens is 3. The number of ether oxygens (including phenoxy) is 2. The predicted octanol–water partition coefficient (Wildman–Crippen LogP) is 4.85. The smallest absolute Gasteiger partial charge is 0.406 e. The molecule has 1 amide bonds. The van der Waals surface area contributed by atoms with Crippen molar-refractivity contribution in [3.05, 3.63) is 54.5 Å². The highest BCUT2D eigenvalue weighted by Crippen LogP contribution is 2.57. The Morgan fingerprint density at radius 3 is 2.62 bits per heavy atom. The van der Waals surface area contributed by atoms with E-state index in [-0.39, 0.29) is 24.2 Å². The lowest BCUT2D eigenvalue weighted by Crippen LogP contribution is -2.44. The van der Waals surface area contributed by atoms with E-state index in [1.165, 1.54) is 31.0 Å². The van der Waals surface area contributed by atoms with Gasteiger partial charge in [-0.15, -0.1) is 13.2 Å². The first kappa shape index (κ1) is 24.3. The third kappa shape index (κ3) is 4.95. The Labute approximate surface area is 213 Å². The molecule has 1 aromatic heterocycles. The molecule has 6 unspecified atom stereocenters. The van der Waals surface area contributed by atoms with Crippen LogP contribution in [0.5, 0.6) is 11.6 Å². The summed E-state index contributed by atoms with van der Waals surface area (Å²) in [5.41, 5.74) is 0.535. The molecule has 3 aliphatic carbocycles. The molecule has 6 rings (SSSR count). The average Bonchev–Trinajstić information content (AvgIpc) is 3.39. The first-order valence-corrected chi connectivity index (χ1v) is 12.9. The van der Waals surface area contributed by atoms with E-state index in [0.717, 1.165) is 19.0 Å². The third-order valence-electron chi connectivity index (χ3n) is 8.64. The van der Waals surface area contributed by atoms with Gasteiger partial charge in [-0.05, 0) is 67.1 Å². The van der Waals surface area contributed by atoms with Crippen LogP contribution in [0.15, 0.2) is 48.9 Å². The molecule has 2 bridgehead atoms. The van der Waals surface area contributed by atoms with Gasteiger partial charge in [-0.1, -0.05) is 24.3 Å². The normalized spacial score (nSPS) is 30.8. The second-order valence-electron chi connectivity index (χ2n) is 11.0. The maximum Gasteiger partial charge on any atom is 0.573 e. The summed E-state index contributed by atoms with van der Waals surface area (Å²) >= 11 is 0. The topological polar surface area (TPSA) is 59.8 Å². The molecule has 4 aliphatic rings. The van der Waals surface area contributed by atoms with Crippen LogP contribution in [-0.4, -0.2) is 57.0 Å². The van der Waals surface area contributed by atoms with Crippen molar-refractivity contribution in [2.75, 3.05) is 13.1 Å². The lowest BCUT2D eigenvalue weighted by atomic mass is 9.99. The first-order valence-electron chi connectivity index (χ1n) is 12.9. The van der Waals surface area contributed by atoms with Gasteiger partial charge in [0.25, 0.3) is 0 Å². The molecular formula is C27H31F3N4O3. The van der Waals surface area contributed by atoms with Crippen molar-refractivity contribution in [2.45, 2.75) is 44.8 Å². The number of amides is 1. The van der Waals surface area contributed by atoms with E-state index >= 15 is 0 Å². The maximum absolute atomic E-state index is 13.3. The van der Waals surface area contributed by atoms with Crippen LogP contribution in [0.4, 0.5) is 18.0 Å². The number of benzene rings is 1. The van der Waals surface area contributed by atoms with E-state index in [1.807, 2.05) is 6.92 Å². The number of hydrogen-bond donors (Lipinski definition) is 0. The van der Waals surface area contributed by atoms with Gasteiger partial charge in [0.1, 0.15) is 5.75 Å². The van der Waals surface area contributed by atoms with Gasteiger partial charge in [-0.25, -0.2) is 9.78 Å². The average molecular weight is 517 g/mol. The molecule has 0 N–H and O–H groups in total. The van der Waals surface area contributed by atoms with Crippen molar-refractivity contribution in [1.82, 2.24) is 19.4 Å². The summed E-state index contributed by atoms with van der Waals surface area (Å²) in [4.78, 5) is 21.7. The largest absolute Gasteiger partial charge is 0.573 e. The fourth-order valence-electron chi connectivity index (χ4n) is 6.97. The lowest BCUT2D eigenvalue weighted by Gasteiger charge is -2.34. The minimum atomic E-state index is -4.78. The summed E-state index contributed by atoms with van der Waals surface area (Å²) in [5.74, 6) is 2.65. The van der Waals surface area contributed by atoms with E-state index in [4.69, 9.17) is 4.74 Å². The van der Waals surface area contributed by atoms with E-state index < -0.39 is 12.5 Å². The Morgan fingerprint density at radius 1 is 1.22 bits per heavy atom. The van der Waals surface area contributed by atoms with Gasteiger partial charge in [-0.3, -0.25) is 4.90 Å². The van der Waals surface area contributed by atoms with Crippen molar-refractivity contribution in [3.63, 3.8) is 0 Å². The van der Waals surface area contributed by atoms with Crippen molar-refractivity contribution >= 4 is 6.09 Å². The second kappa shape index (κ2) is 9.08. The van der Waals surface area contributed by atoms with Crippen LogP contribution >= 0.6 is 0 Å². The van der Waals surface area contributed by atoms with Crippen LogP contribution in [-0.2, 0) is 13.6 Å². The fraction of sp³-hybridized carbons (Fsp3) is 0.556. The Hall–Kier alpha value is -3.01. The lowest BCUT2D eigenvalue weighted by molar-refractivity contribution is -0.274. The molecule has 37 heavy (non-hydrogen) atoms. The van der Waals surface area contributed by atoms with E-state index in [9.17, 15) is 18.0 Å². The molecule has 0 radical (unpaired) electrons. The van der Waals surface area contributed by atoms with Crippen LogP contribution in [0, 0.1) is 29.6 Å². The number of nitrogens with zero attached hydrogens (tertiary/aromatic N) is 4. The maximum atomic E-state index is 13.3. The number of rotatable bonds is 7. The number of fused-ring (bicyclic) bond motifs is 3. The summed E-state index contributed by atoms with van der Waals surface area (Å²) < 4.78 is 49.6. The number of aromatic nitrogens is 2. The molecule has 198 valence electrons. The number of carbonyl (C=O) groups excluding carboxylic acids is 1. The van der Waals surface area contributed by atoms with Crippen LogP contribution < -0.4 is 9.47 Å². The number of imidazole rings is 1. The summed E-state index contributed by atoms with van der Waals surface area (Å²) in [5, 5.41) is 0. The van der Waals surface area contributed by atoms with Gasteiger partial charge in [0, 0.05) is 38.8 Å². The monoisotopic (exact) mass is 516 g/mol. The number of carbonyl (C=O) groups is 1. The Kier molecular flexibility index (Phi) is 5.97. The first-order chi connectivity index (χ1) is 17.6. The molecule has 0 spiro atoms. The minimum absolute atomic E-state index is 0.110. The number of alkyl halides is 3. The molecule has 6 atom stereocenters. The summed E-state index contributed by atoms with van der Waals surface area (Å²) in [6.45, 7) is 4.21. The van der Waals surface area contributed by atoms with Gasteiger partial charge in [0.05, 0.1) is 12.5 Å². The summed E-state index contributed by atoms with van der Waals surface area (Å²) in [7, 11) is 1.78. The second-order valence-corrected chi connectivity index (χ2v) is 11.0. The van der Waals surface area contributed by atoms with E-state index in [2.05, 4.69) is 26.8 Å². The molecule has 2 aromatic rings. The van der Waals surface area contributed by atoms with Gasteiger partial charge in [0.2, 0.25) is 5.88 Å². The third-order valence-corrected chi connectivity index (χ3v) is 8.64. The van der Waals surface area contributed by atoms with Crippen LogP contribution in [0.3, 0.4) is 0 Å². The number of piperidine rings is 1. The number of hydrogen-bond acceptors (Lipinski definition) is 5. The highest BCUT2D eigenvalue weighted by Gasteiger charge is 2.60. The van der Waals surface area contributed by atoms with Crippen LogP contribution in [0.25, 0.3) is 0 Å². The zero-order valence-corrected chi connectivity index (χ0v) is 20.8. The van der Waals surface area contributed by atoms with Gasteiger partial charge >= 0.3 is 12.5 Å². The molecule has 3 fully saturated rings. The molecular weight excluding hydrogens is 485 g/mol. The van der Waals surface area contributed by atoms with Crippen molar-refractivity contribution in [1.29, 1.82) is 0 Å².